The maximum absolute atomic E-state index is 5.51. The highest BCUT2D eigenvalue weighted by Gasteiger charge is 2.21. The molecule has 2 aromatic rings. The lowest BCUT2D eigenvalue weighted by atomic mass is 10.1. The fraction of sp³-hybridized carbons (Fsp3) is 0.154. The lowest BCUT2D eigenvalue weighted by molar-refractivity contribution is 0.172. The summed E-state index contributed by atoms with van der Waals surface area (Å²) in [6.07, 6.45) is 3.83. The number of hydrogen-bond acceptors (Lipinski definition) is 4. The molecule has 1 aromatic heterocycles. The predicted octanol–water partition coefficient (Wildman–Crippen LogP) is 3.20. The van der Waals surface area contributed by atoms with Gasteiger partial charge in [-0.1, -0.05) is 6.07 Å². The van der Waals surface area contributed by atoms with Crippen molar-refractivity contribution in [2.75, 3.05) is 13.0 Å². The molecule has 0 unspecified atom stereocenters. The SMILES string of the molecule is CSc1c(-c2ccccn2)ccc2c1OCO2. The van der Waals surface area contributed by atoms with Gasteiger partial charge in [0, 0.05) is 11.8 Å². The van der Waals surface area contributed by atoms with Crippen LogP contribution in [-0.4, -0.2) is 18.0 Å². The Morgan fingerprint density at radius 3 is 2.88 bits per heavy atom. The third-order valence-corrected chi connectivity index (χ3v) is 3.45. The fourth-order valence-electron chi connectivity index (χ4n) is 1.87. The Balaban J connectivity index is 2.18. The van der Waals surface area contributed by atoms with Crippen molar-refractivity contribution in [2.24, 2.45) is 0 Å². The van der Waals surface area contributed by atoms with Crippen molar-refractivity contribution >= 4 is 11.8 Å². The van der Waals surface area contributed by atoms with Crippen LogP contribution in [0.4, 0.5) is 0 Å². The van der Waals surface area contributed by atoms with Crippen LogP contribution in [0.3, 0.4) is 0 Å². The molecular formula is C13H11NO2S. The average Bonchev–Trinajstić information content (AvgIpc) is 2.86. The van der Waals surface area contributed by atoms with E-state index in [1.807, 2.05) is 36.6 Å². The van der Waals surface area contributed by atoms with Gasteiger partial charge in [0.25, 0.3) is 0 Å². The van der Waals surface area contributed by atoms with E-state index in [2.05, 4.69) is 4.98 Å². The molecule has 0 N–H and O–H groups in total. The number of nitrogens with zero attached hydrogens (tertiary/aromatic N) is 1. The summed E-state index contributed by atoms with van der Waals surface area (Å²) in [5, 5.41) is 0. The lowest BCUT2D eigenvalue weighted by Gasteiger charge is -2.09. The molecule has 3 nitrogen and oxygen atoms in total. The van der Waals surface area contributed by atoms with Crippen molar-refractivity contribution in [3.8, 4) is 22.8 Å². The Kier molecular flexibility index (Phi) is 2.65. The molecule has 4 heteroatoms. The molecule has 3 rings (SSSR count). The van der Waals surface area contributed by atoms with E-state index in [1.54, 1.807) is 18.0 Å². The maximum atomic E-state index is 5.51. The van der Waals surface area contributed by atoms with Crippen LogP contribution in [0.1, 0.15) is 0 Å². The number of ether oxygens (including phenoxy) is 2. The molecule has 0 atom stereocenters. The van der Waals surface area contributed by atoms with Gasteiger partial charge in [-0.25, -0.2) is 0 Å². The van der Waals surface area contributed by atoms with Gasteiger partial charge in [0.1, 0.15) is 0 Å². The smallest absolute Gasteiger partial charge is 0.231 e. The van der Waals surface area contributed by atoms with Gasteiger partial charge in [-0.3, -0.25) is 4.98 Å². The minimum absolute atomic E-state index is 0.300. The van der Waals surface area contributed by atoms with Crippen LogP contribution in [0.15, 0.2) is 41.4 Å². The maximum Gasteiger partial charge on any atom is 0.231 e. The Morgan fingerprint density at radius 2 is 2.12 bits per heavy atom. The number of hydrogen-bond donors (Lipinski definition) is 0. The molecule has 86 valence electrons. The van der Waals surface area contributed by atoms with E-state index in [4.69, 9.17) is 9.47 Å². The van der Waals surface area contributed by atoms with Crippen LogP contribution in [-0.2, 0) is 0 Å². The summed E-state index contributed by atoms with van der Waals surface area (Å²) in [6, 6.07) is 9.86. The normalized spacial score (nSPS) is 12.8. The Bertz CT molecular complexity index is 543. The monoisotopic (exact) mass is 245 g/mol. The van der Waals surface area contributed by atoms with Gasteiger partial charge in [0.05, 0.1) is 10.6 Å². The summed E-state index contributed by atoms with van der Waals surface area (Å²) in [7, 11) is 0. The van der Waals surface area contributed by atoms with Crippen molar-refractivity contribution in [2.45, 2.75) is 4.90 Å². The quantitative estimate of drug-likeness (QED) is 0.760. The average molecular weight is 245 g/mol. The van der Waals surface area contributed by atoms with Crippen LogP contribution in [0, 0.1) is 0 Å². The second kappa shape index (κ2) is 4.30. The van der Waals surface area contributed by atoms with Crippen LogP contribution in [0.5, 0.6) is 11.5 Å². The minimum atomic E-state index is 0.300. The number of pyridine rings is 1. The summed E-state index contributed by atoms with van der Waals surface area (Å²) < 4.78 is 10.9. The first-order valence-electron chi connectivity index (χ1n) is 5.28. The van der Waals surface area contributed by atoms with E-state index in [9.17, 15) is 0 Å². The molecule has 0 radical (unpaired) electrons. The highest BCUT2D eigenvalue weighted by atomic mass is 32.2. The Morgan fingerprint density at radius 1 is 1.18 bits per heavy atom. The van der Waals surface area contributed by atoms with E-state index in [0.717, 1.165) is 27.7 Å². The van der Waals surface area contributed by atoms with E-state index >= 15 is 0 Å². The summed E-state index contributed by atoms with van der Waals surface area (Å²) in [5.74, 6) is 1.65. The minimum Gasteiger partial charge on any atom is -0.454 e. The first-order valence-corrected chi connectivity index (χ1v) is 6.50. The van der Waals surface area contributed by atoms with Crippen LogP contribution in [0.2, 0.25) is 0 Å². The predicted molar refractivity (Wildman–Crippen MR) is 67.6 cm³/mol. The lowest BCUT2D eigenvalue weighted by Crippen LogP contribution is -1.93. The third-order valence-electron chi connectivity index (χ3n) is 2.64. The van der Waals surface area contributed by atoms with Crippen molar-refractivity contribution < 1.29 is 9.47 Å². The Labute approximate surface area is 104 Å². The molecule has 0 aliphatic carbocycles. The molecule has 1 aromatic carbocycles. The third kappa shape index (κ3) is 1.74. The number of rotatable bonds is 2. The zero-order valence-corrected chi connectivity index (χ0v) is 10.2. The van der Waals surface area contributed by atoms with Crippen LogP contribution < -0.4 is 9.47 Å². The topological polar surface area (TPSA) is 31.4 Å². The second-order valence-corrected chi connectivity index (χ2v) is 4.41. The van der Waals surface area contributed by atoms with Gasteiger partial charge in [-0.15, -0.1) is 11.8 Å². The standard InChI is InChI=1S/C13H11NO2S/c1-17-13-9(10-4-2-3-7-14-10)5-6-11-12(13)16-8-15-11/h2-7H,8H2,1H3. The fourth-order valence-corrected chi connectivity index (χ4v) is 2.61. The van der Waals surface area contributed by atoms with Gasteiger partial charge >= 0.3 is 0 Å². The molecular weight excluding hydrogens is 234 g/mol. The molecule has 0 fully saturated rings. The molecule has 0 saturated heterocycles. The van der Waals surface area contributed by atoms with E-state index in [1.165, 1.54) is 0 Å². The highest BCUT2D eigenvalue weighted by Crippen LogP contribution is 2.45. The highest BCUT2D eigenvalue weighted by molar-refractivity contribution is 7.98. The molecule has 17 heavy (non-hydrogen) atoms. The molecule has 1 aliphatic rings. The molecule has 0 amide bonds. The van der Waals surface area contributed by atoms with E-state index < -0.39 is 0 Å². The van der Waals surface area contributed by atoms with Gasteiger partial charge in [0.2, 0.25) is 6.79 Å². The van der Waals surface area contributed by atoms with Gasteiger partial charge in [-0.05, 0) is 30.5 Å². The molecule has 0 bridgehead atoms. The molecule has 0 saturated carbocycles. The Hall–Kier alpha value is -1.68. The number of fused-ring (bicyclic) bond motifs is 1. The van der Waals surface area contributed by atoms with Crippen molar-refractivity contribution in [3.63, 3.8) is 0 Å². The molecule has 0 spiro atoms. The molecule has 2 heterocycles. The van der Waals surface area contributed by atoms with Crippen molar-refractivity contribution in [1.29, 1.82) is 0 Å². The first-order chi connectivity index (χ1) is 8.40. The number of aromatic nitrogens is 1. The summed E-state index contributed by atoms with van der Waals surface area (Å²) in [6.45, 7) is 0.300. The van der Waals surface area contributed by atoms with E-state index in [0.29, 0.717) is 6.79 Å². The summed E-state index contributed by atoms with van der Waals surface area (Å²) in [5.41, 5.74) is 2.04. The van der Waals surface area contributed by atoms with Gasteiger partial charge in [0.15, 0.2) is 11.5 Å². The van der Waals surface area contributed by atoms with Crippen LogP contribution in [0.25, 0.3) is 11.3 Å². The largest absolute Gasteiger partial charge is 0.454 e. The molecule has 1 aliphatic heterocycles. The van der Waals surface area contributed by atoms with Crippen LogP contribution >= 0.6 is 11.8 Å². The zero-order chi connectivity index (χ0) is 11.7. The summed E-state index contributed by atoms with van der Waals surface area (Å²) in [4.78, 5) is 5.46. The summed E-state index contributed by atoms with van der Waals surface area (Å²) >= 11 is 1.65. The number of thioether (sulfide) groups is 1. The number of benzene rings is 1. The zero-order valence-electron chi connectivity index (χ0n) is 9.34. The van der Waals surface area contributed by atoms with Crippen molar-refractivity contribution in [1.82, 2.24) is 4.98 Å². The first kappa shape index (κ1) is 10.5. The van der Waals surface area contributed by atoms with E-state index in [-0.39, 0.29) is 0 Å². The van der Waals surface area contributed by atoms with Gasteiger partial charge in [-0.2, -0.15) is 0 Å². The van der Waals surface area contributed by atoms with Gasteiger partial charge < -0.3 is 9.47 Å². The second-order valence-electron chi connectivity index (χ2n) is 3.60. The van der Waals surface area contributed by atoms with Crippen molar-refractivity contribution in [3.05, 3.63) is 36.5 Å².